The van der Waals surface area contributed by atoms with Gasteiger partial charge in [0.15, 0.2) is 0 Å². The number of carbonyl (C=O) groups excluding carboxylic acids is 3. The van der Waals surface area contributed by atoms with Crippen molar-refractivity contribution in [1.82, 2.24) is 15.5 Å². The van der Waals surface area contributed by atoms with Gasteiger partial charge in [-0.15, -0.1) is 0 Å². The minimum atomic E-state index is -1.03. The average molecular weight is 257 g/mol. The quantitative estimate of drug-likeness (QED) is 0.547. The fraction of sp³-hybridized carbons (Fsp3) is 0.600. The molecule has 1 aliphatic rings. The van der Waals surface area contributed by atoms with Crippen molar-refractivity contribution in [3.05, 3.63) is 0 Å². The van der Waals surface area contributed by atoms with Crippen LogP contribution in [0.4, 0.5) is 4.79 Å². The van der Waals surface area contributed by atoms with Crippen molar-refractivity contribution in [2.24, 2.45) is 5.92 Å². The van der Waals surface area contributed by atoms with E-state index in [0.717, 1.165) is 4.90 Å². The van der Waals surface area contributed by atoms with Gasteiger partial charge in [0.2, 0.25) is 11.8 Å². The summed E-state index contributed by atoms with van der Waals surface area (Å²) in [6, 6.07) is -1.39. The first-order chi connectivity index (χ1) is 8.32. The van der Waals surface area contributed by atoms with Gasteiger partial charge in [-0.3, -0.25) is 19.7 Å². The summed E-state index contributed by atoms with van der Waals surface area (Å²) in [7, 11) is 0. The molecule has 1 aliphatic heterocycles. The molecule has 0 bridgehead atoms. The van der Waals surface area contributed by atoms with Crippen molar-refractivity contribution < 1.29 is 24.3 Å². The van der Waals surface area contributed by atoms with Crippen LogP contribution >= 0.6 is 0 Å². The van der Waals surface area contributed by atoms with Crippen molar-refractivity contribution in [2.75, 3.05) is 13.1 Å². The van der Waals surface area contributed by atoms with Crippen LogP contribution in [-0.2, 0) is 14.4 Å². The third-order valence-corrected chi connectivity index (χ3v) is 2.67. The van der Waals surface area contributed by atoms with Crippen LogP contribution in [0.5, 0.6) is 0 Å². The number of rotatable bonds is 3. The van der Waals surface area contributed by atoms with Crippen LogP contribution in [0.2, 0.25) is 0 Å². The molecule has 1 heterocycles. The molecule has 0 radical (unpaired) electrons. The summed E-state index contributed by atoms with van der Waals surface area (Å²) < 4.78 is 0. The lowest BCUT2D eigenvalue weighted by Crippen LogP contribution is -2.60. The standard InChI is InChI=1S/C10H15N3O5/c1-5(9(16)17)3-11-10(18)13-4-7(14)12-8(15)6(13)2/h5-6H,3-4H2,1-2H3,(H,11,18)(H,16,17)(H,12,14,15). The molecular formula is C10H15N3O5. The van der Waals surface area contributed by atoms with E-state index >= 15 is 0 Å². The average Bonchev–Trinajstić information content (AvgIpc) is 2.29. The number of carboxylic acids is 1. The highest BCUT2D eigenvalue weighted by atomic mass is 16.4. The van der Waals surface area contributed by atoms with Crippen LogP contribution in [0, 0.1) is 5.92 Å². The van der Waals surface area contributed by atoms with E-state index < -0.39 is 35.8 Å². The van der Waals surface area contributed by atoms with Crippen LogP contribution in [0.15, 0.2) is 0 Å². The predicted molar refractivity (Wildman–Crippen MR) is 59.5 cm³/mol. The molecule has 4 amide bonds. The molecule has 0 aromatic heterocycles. The number of nitrogens with one attached hydrogen (secondary N) is 2. The maximum absolute atomic E-state index is 11.7. The monoisotopic (exact) mass is 257 g/mol. The zero-order chi connectivity index (χ0) is 13.9. The van der Waals surface area contributed by atoms with E-state index in [-0.39, 0.29) is 13.1 Å². The van der Waals surface area contributed by atoms with Gasteiger partial charge in [0.05, 0.1) is 5.92 Å². The third-order valence-electron chi connectivity index (χ3n) is 2.67. The van der Waals surface area contributed by atoms with Crippen molar-refractivity contribution in [2.45, 2.75) is 19.9 Å². The maximum atomic E-state index is 11.7. The number of nitrogens with zero attached hydrogens (tertiary/aromatic N) is 1. The van der Waals surface area contributed by atoms with E-state index in [0.29, 0.717) is 0 Å². The molecule has 8 nitrogen and oxygen atoms in total. The number of carbonyl (C=O) groups is 4. The number of hydrogen-bond acceptors (Lipinski definition) is 4. The summed E-state index contributed by atoms with van der Waals surface area (Å²) in [4.78, 5) is 45.8. The van der Waals surface area contributed by atoms with Gasteiger partial charge >= 0.3 is 12.0 Å². The highest BCUT2D eigenvalue weighted by molar-refractivity contribution is 6.03. The van der Waals surface area contributed by atoms with Crippen molar-refractivity contribution >= 4 is 23.8 Å². The SMILES string of the molecule is CC(CNC(=O)N1CC(=O)NC(=O)C1C)C(=O)O. The van der Waals surface area contributed by atoms with Gasteiger partial charge in [-0.05, 0) is 6.92 Å². The molecule has 2 unspecified atom stereocenters. The lowest BCUT2D eigenvalue weighted by molar-refractivity contribution is -0.141. The van der Waals surface area contributed by atoms with E-state index in [1.807, 2.05) is 0 Å². The Kier molecular flexibility index (Phi) is 4.24. The Morgan fingerprint density at radius 3 is 2.72 bits per heavy atom. The fourth-order valence-corrected chi connectivity index (χ4v) is 1.39. The second-order valence-corrected chi connectivity index (χ2v) is 4.14. The smallest absolute Gasteiger partial charge is 0.318 e. The van der Waals surface area contributed by atoms with E-state index in [4.69, 9.17) is 5.11 Å². The number of carboxylic acid groups (broad SMARTS) is 1. The lowest BCUT2D eigenvalue weighted by Gasteiger charge is -2.31. The number of urea groups is 1. The molecular weight excluding hydrogens is 242 g/mol. The Hall–Kier alpha value is -2.12. The van der Waals surface area contributed by atoms with Gasteiger partial charge in [0.1, 0.15) is 12.6 Å². The predicted octanol–water partition coefficient (Wildman–Crippen LogP) is -1.24. The summed E-state index contributed by atoms with van der Waals surface area (Å²) in [5, 5.41) is 13.1. The number of aliphatic carboxylic acids is 1. The van der Waals surface area contributed by atoms with E-state index in [9.17, 15) is 19.2 Å². The second-order valence-electron chi connectivity index (χ2n) is 4.14. The van der Waals surface area contributed by atoms with Crippen LogP contribution < -0.4 is 10.6 Å². The molecule has 2 atom stereocenters. The van der Waals surface area contributed by atoms with Gasteiger partial charge in [-0.1, -0.05) is 6.92 Å². The summed E-state index contributed by atoms with van der Waals surface area (Å²) >= 11 is 0. The largest absolute Gasteiger partial charge is 0.481 e. The van der Waals surface area contributed by atoms with Crippen LogP contribution in [0.1, 0.15) is 13.8 Å². The first kappa shape index (κ1) is 13.9. The third kappa shape index (κ3) is 3.19. The molecule has 0 aromatic rings. The summed E-state index contributed by atoms with van der Waals surface area (Å²) in [5.41, 5.74) is 0. The highest BCUT2D eigenvalue weighted by Crippen LogP contribution is 2.05. The van der Waals surface area contributed by atoms with Crippen LogP contribution in [0.3, 0.4) is 0 Å². The molecule has 1 saturated heterocycles. The molecule has 1 rings (SSSR count). The normalized spacial score (nSPS) is 21.2. The lowest BCUT2D eigenvalue weighted by atomic mass is 10.2. The molecule has 0 saturated carbocycles. The van der Waals surface area contributed by atoms with E-state index in [1.54, 1.807) is 0 Å². The van der Waals surface area contributed by atoms with Gasteiger partial charge in [0, 0.05) is 6.54 Å². The van der Waals surface area contributed by atoms with E-state index in [2.05, 4.69) is 10.6 Å². The van der Waals surface area contributed by atoms with E-state index in [1.165, 1.54) is 13.8 Å². The van der Waals surface area contributed by atoms with Gasteiger partial charge < -0.3 is 15.3 Å². The Labute approximate surface area is 103 Å². The Morgan fingerprint density at radius 2 is 2.17 bits per heavy atom. The van der Waals surface area contributed by atoms with Crippen molar-refractivity contribution in [3.8, 4) is 0 Å². The van der Waals surface area contributed by atoms with Crippen LogP contribution in [-0.4, -0.2) is 53.0 Å². The minimum Gasteiger partial charge on any atom is -0.481 e. The summed E-state index contributed by atoms with van der Waals surface area (Å²) in [5.74, 6) is -2.87. The molecule has 3 N–H and O–H groups in total. The zero-order valence-corrected chi connectivity index (χ0v) is 10.1. The van der Waals surface area contributed by atoms with Crippen molar-refractivity contribution in [1.29, 1.82) is 0 Å². The second kappa shape index (κ2) is 5.48. The summed E-state index contributed by atoms with van der Waals surface area (Å²) in [6.07, 6.45) is 0. The molecule has 18 heavy (non-hydrogen) atoms. The van der Waals surface area contributed by atoms with Gasteiger partial charge in [-0.25, -0.2) is 4.79 Å². The van der Waals surface area contributed by atoms with Gasteiger partial charge in [-0.2, -0.15) is 0 Å². The number of hydrogen-bond donors (Lipinski definition) is 3. The van der Waals surface area contributed by atoms with Crippen LogP contribution in [0.25, 0.3) is 0 Å². The molecule has 0 aromatic carbocycles. The molecule has 0 spiro atoms. The Bertz CT molecular complexity index is 395. The molecule has 0 aliphatic carbocycles. The first-order valence-corrected chi connectivity index (χ1v) is 5.44. The Balaban J connectivity index is 2.57. The molecule has 8 heteroatoms. The molecule has 100 valence electrons. The number of amides is 4. The summed E-state index contributed by atoms with van der Waals surface area (Å²) in [6.45, 7) is 2.65. The zero-order valence-electron chi connectivity index (χ0n) is 10.1. The number of imide groups is 1. The topological polar surface area (TPSA) is 116 Å². The highest BCUT2D eigenvalue weighted by Gasteiger charge is 2.33. The maximum Gasteiger partial charge on any atom is 0.318 e. The Morgan fingerprint density at radius 1 is 1.56 bits per heavy atom. The minimum absolute atomic E-state index is 0.0623. The first-order valence-electron chi connectivity index (χ1n) is 5.44. The van der Waals surface area contributed by atoms with Gasteiger partial charge in [0.25, 0.3) is 0 Å². The molecule has 1 fully saturated rings. The number of piperazine rings is 1. The fourth-order valence-electron chi connectivity index (χ4n) is 1.39. The van der Waals surface area contributed by atoms with Crippen molar-refractivity contribution in [3.63, 3.8) is 0 Å².